The number of carbonyl (C=O) groups is 2. The summed E-state index contributed by atoms with van der Waals surface area (Å²) in [5, 5.41) is 8.75. The summed E-state index contributed by atoms with van der Waals surface area (Å²) in [4.78, 5) is 26.2. The Balaban J connectivity index is 3.20. The van der Waals surface area contributed by atoms with E-state index in [1.165, 1.54) is 25.4 Å². The van der Waals surface area contributed by atoms with Crippen LogP contribution < -0.4 is 5.73 Å². The lowest BCUT2D eigenvalue weighted by molar-refractivity contribution is -0.119. The molecule has 1 atom stereocenters. The molecule has 0 fully saturated rings. The summed E-state index contributed by atoms with van der Waals surface area (Å²) in [7, 11) is 0. The number of Topliss-reactive ketones (excluding diaryl/α,β-unsaturated/α-hetero) is 1. The van der Waals surface area contributed by atoms with E-state index in [2.05, 4.69) is 4.98 Å². The number of rotatable bonds is 4. The molecule has 0 aliphatic carbocycles. The number of nitriles is 1. The zero-order valence-corrected chi connectivity index (χ0v) is 9.25. The molecule has 5 nitrogen and oxygen atoms in total. The van der Waals surface area contributed by atoms with Crippen LogP contribution in [0.2, 0.25) is 0 Å². The van der Waals surface area contributed by atoms with Crippen molar-refractivity contribution in [2.75, 3.05) is 0 Å². The van der Waals surface area contributed by atoms with Gasteiger partial charge in [-0.25, -0.2) is 0 Å². The number of pyridine rings is 1. The van der Waals surface area contributed by atoms with Crippen molar-refractivity contribution in [2.45, 2.75) is 6.92 Å². The van der Waals surface area contributed by atoms with Gasteiger partial charge in [-0.2, -0.15) is 5.26 Å². The van der Waals surface area contributed by atoms with Crippen molar-refractivity contribution in [2.24, 2.45) is 11.7 Å². The van der Waals surface area contributed by atoms with Gasteiger partial charge in [-0.1, -0.05) is 0 Å². The molecule has 0 radical (unpaired) electrons. The predicted molar refractivity (Wildman–Crippen MR) is 61.2 cm³/mol. The SMILES string of the molecule is CC(=O)C(=CC(C#N)C(N)=O)c1ccncc1. The molecule has 5 heteroatoms. The lowest BCUT2D eigenvalue weighted by atomic mass is 9.98. The minimum atomic E-state index is -1.11. The number of aromatic nitrogens is 1. The van der Waals surface area contributed by atoms with Gasteiger partial charge in [-0.15, -0.1) is 0 Å². The first-order chi connectivity index (χ1) is 8.06. The van der Waals surface area contributed by atoms with Gasteiger partial charge in [0.05, 0.1) is 6.07 Å². The minimum Gasteiger partial charge on any atom is -0.368 e. The number of ketones is 1. The first kappa shape index (κ1) is 12.6. The molecule has 1 rings (SSSR count). The van der Waals surface area contributed by atoms with Crippen LogP contribution in [0.5, 0.6) is 0 Å². The Kier molecular flexibility index (Phi) is 4.12. The average molecular weight is 229 g/mol. The number of nitrogens with zero attached hydrogens (tertiary/aromatic N) is 2. The summed E-state index contributed by atoms with van der Waals surface area (Å²) in [6.45, 7) is 1.36. The maximum atomic E-state index is 11.5. The van der Waals surface area contributed by atoms with E-state index in [0.29, 0.717) is 5.56 Å². The van der Waals surface area contributed by atoms with Crippen molar-refractivity contribution in [3.63, 3.8) is 0 Å². The van der Waals surface area contributed by atoms with Crippen molar-refractivity contribution < 1.29 is 9.59 Å². The van der Waals surface area contributed by atoms with Gasteiger partial charge in [-0.05, 0) is 30.7 Å². The third-order valence-electron chi connectivity index (χ3n) is 2.15. The second-order valence-corrected chi connectivity index (χ2v) is 3.38. The zero-order chi connectivity index (χ0) is 12.8. The summed E-state index contributed by atoms with van der Waals surface area (Å²) in [5.41, 5.74) is 5.94. The van der Waals surface area contributed by atoms with E-state index in [1.54, 1.807) is 18.2 Å². The Labute approximate surface area is 98.6 Å². The highest BCUT2D eigenvalue weighted by Gasteiger charge is 2.15. The molecule has 1 aromatic heterocycles. The second kappa shape index (κ2) is 5.56. The normalized spacial score (nSPS) is 12.6. The summed E-state index contributed by atoms with van der Waals surface area (Å²) in [5.74, 6) is -2.12. The van der Waals surface area contributed by atoms with Crippen LogP contribution in [-0.4, -0.2) is 16.7 Å². The smallest absolute Gasteiger partial charge is 0.238 e. The van der Waals surface area contributed by atoms with Gasteiger partial charge in [0, 0.05) is 18.0 Å². The van der Waals surface area contributed by atoms with Gasteiger partial charge in [0.25, 0.3) is 0 Å². The molecule has 0 spiro atoms. The van der Waals surface area contributed by atoms with Crippen molar-refractivity contribution in [3.8, 4) is 6.07 Å². The second-order valence-electron chi connectivity index (χ2n) is 3.38. The third kappa shape index (κ3) is 3.24. The summed E-state index contributed by atoms with van der Waals surface area (Å²) >= 11 is 0. The Morgan fingerprint density at radius 3 is 2.47 bits per heavy atom. The molecule has 0 aliphatic rings. The zero-order valence-electron chi connectivity index (χ0n) is 9.25. The monoisotopic (exact) mass is 229 g/mol. The van der Waals surface area contributed by atoms with E-state index in [0.717, 1.165) is 0 Å². The molecule has 1 heterocycles. The van der Waals surface area contributed by atoms with Crippen LogP contribution in [0.25, 0.3) is 5.57 Å². The fourth-order valence-corrected chi connectivity index (χ4v) is 1.30. The number of hydrogen-bond donors (Lipinski definition) is 1. The van der Waals surface area contributed by atoms with Crippen LogP contribution in [0.3, 0.4) is 0 Å². The molecule has 0 aliphatic heterocycles. The van der Waals surface area contributed by atoms with Crippen molar-refractivity contribution >= 4 is 17.3 Å². The van der Waals surface area contributed by atoms with Crippen LogP contribution in [0.4, 0.5) is 0 Å². The minimum absolute atomic E-state index is 0.238. The quantitative estimate of drug-likeness (QED) is 0.767. The standard InChI is InChI=1S/C12H11N3O2/c1-8(16)11(6-10(7-13)12(14)17)9-2-4-15-5-3-9/h2-6,10H,1H3,(H2,14,17). The molecule has 17 heavy (non-hydrogen) atoms. The molecule has 1 amide bonds. The number of primary amides is 1. The Morgan fingerprint density at radius 1 is 1.47 bits per heavy atom. The molecule has 1 unspecified atom stereocenters. The first-order valence-electron chi connectivity index (χ1n) is 4.88. The molecule has 0 saturated carbocycles. The number of nitrogens with two attached hydrogens (primary N) is 1. The molecular weight excluding hydrogens is 218 g/mol. The molecule has 2 N–H and O–H groups in total. The highest BCUT2D eigenvalue weighted by Crippen LogP contribution is 2.17. The topological polar surface area (TPSA) is 96.8 Å². The fourth-order valence-electron chi connectivity index (χ4n) is 1.30. The Hall–Kier alpha value is -2.48. The molecule has 0 bridgehead atoms. The first-order valence-corrected chi connectivity index (χ1v) is 4.88. The van der Waals surface area contributed by atoms with Gasteiger partial charge >= 0.3 is 0 Å². The van der Waals surface area contributed by atoms with Crippen molar-refractivity contribution in [3.05, 3.63) is 36.2 Å². The lowest BCUT2D eigenvalue weighted by Crippen LogP contribution is -2.20. The van der Waals surface area contributed by atoms with Crippen LogP contribution >= 0.6 is 0 Å². The summed E-state index contributed by atoms with van der Waals surface area (Å²) in [6.07, 6.45) is 4.33. The summed E-state index contributed by atoms with van der Waals surface area (Å²) < 4.78 is 0. The molecule has 86 valence electrons. The maximum absolute atomic E-state index is 11.5. The van der Waals surface area contributed by atoms with E-state index < -0.39 is 11.8 Å². The summed E-state index contributed by atoms with van der Waals surface area (Å²) in [6, 6.07) is 4.99. The molecule has 1 aromatic rings. The highest BCUT2D eigenvalue weighted by atomic mass is 16.1. The van der Waals surface area contributed by atoms with Crippen LogP contribution in [-0.2, 0) is 9.59 Å². The molecule has 0 aromatic carbocycles. The number of amides is 1. The predicted octanol–water partition coefficient (Wildman–Crippen LogP) is 0.679. The van der Waals surface area contributed by atoms with Crippen molar-refractivity contribution in [1.29, 1.82) is 5.26 Å². The third-order valence-corrected chi connectivity index (χ3v) is 2.15. The van der Waals surface area contributed by atoms with E-state index >= 15 is 0 Å². The van der Waals surface area contributed by atoms with E-state index in [4.69, 9.17) is 11.0 Å². The largest absolute Gasteiger partial charge is 0.368 e. The number of hydrogen-bond acceptors (Lipinski definition) is 4. The van der Waals surface area contributed by atoms with E-state index in [1.807, 2.05) is 0 Å². The van der Waals surface area contributed by atoms with Crippen LogP contribution in [0.1, 0.15) is 12.5 Å². The van der Waals surface area contributed by atoms with Gasteiger partial charge in [0.15, 0.2) is 5.78 Å². The Morgan fingerprint density at radius 2 is 2.06 bits per heavy atom. The molecular formula is C12H11N3O2. The van der Waals surface area contributed by atoms with Crippen molar-refractivity contribution in [1.82, 2.24) is 4.98 Å². The van der Waals surface area contributed by atoms with E-state index in [9.17, 15) is 9.59 Å². The Bertz CT molecular complexity index is 500. The number of carbonyl (C=O) groups excluding carboxylic acids is 2. The van der Waals surface area contributed by atoms with Gasteiger partial charge in [0.2, 0.25) is 5.91 Å². The van der Waals surface area contributed by atoms with E-state index in [-0.39, 0.29) is 11.4 Å². The highest BCUT2D eigenvalue weighted by molar-refractivity contribution is 6.20. The molecule has 0 saturated heterocycles. The van der Waals surface area contributed by atoms with Gasteiger partial charge < -0.3 is 5.73 Å². The van der Waals surface area contributed by atoms with Crippen LogP contribution in [0.15, 0.2) is 30.6 Å². The number of allylic oxidation sites excluding steroid dienone is 1. The average Bonchev–Trinajstić information content (AvgIpc) is 2.30. The maximum Gasteiger partial charge on any atom is 0.238 e. The van der Waals surface area contributed by atoms with Gasteiger partial charge in [0.1, 0.15) is 5.92 Å². The fraction of sp³-hybridized carbons (Fsp3) is 0.167. The van der Waals surface area contributed by atoms with Gasteiger partial charge in [-0.3, -0.25) is 14.6 Å². The van der Waals surface area contributed by atoms with Crippen LogP contribution in [0, 0.1) is 17.2 Å². The lowest BCUT2D eigenvalue weighted by Gasteiger charge is -2.05.